The van der Waals surface area contributed by atoms with Crippen LogP contribution in [-0.2, 0) is 0 Å². The molecule has 1 aliphatic heterocycles. The van der Waals surface area contributed by atoms with Gasteiger partial charge in [0.1, 0.15) is 0 Å². The van der Waals surface area contributed by atoms with Gasteiger partial charge in [0, 0.05) is 22.4 Å². The maximum Gasteiger partial charge on any atom is 0.0911 e. The molecule has 1 aliphatic rings. The van der Waals surface area contributed by atoms with Crippen LogP contribution in [0.4, 0.5) is 0 Å². The van der Waals surface area contributed by atoms with E-state index in [1.807, 2.05) is 24.3 Å². The summed E-state index contributed by atoms with van der Waals surface area (Å²) in [5, 5.41) is 1.49. The molecule has 46 heavy (non-hydrogen) atoms. The largest absolute Gasteiger partial charge is 0.348 e. The lowest BCUT2D eigenvalue weighted by Gasteiger charge is -2.34. The second-order valence-corrected chi connectivity index (χ2v) is 12.2. The van der Waals surface area contributed by atoms with Gasteiger partial charge in [-0.2, -0.15) is 0 Å². The predicted molar refractivity (Wildman–Crippen MR) is 195 cm³/mol. The molecule has 6 aromatic carbocycles. The fraction of sp³-hybridized carbons (Fsp3) is 0.0732. The van der Waals surface area contributed by atoms with Crippen molar-refractivity contribution in [2.45, 2.75) is 12.1 Å². The molecule has 0 saturated carbocycles. The molecule has 2 unspecified atom stereocenters. The van der Waals surface area contributed by atoms with Crippen molar-refractivity contribution >= 4 is 35.6 Å². The zero-order valence-electron chi connectivity index (χ0n) is 25.1. The summed E-state index contributed by atoms with van der Waals surface area (Å²) in [4.78, 5) is 4.87. The van der Waals surface area contributed by atoms with Crippen LogP contribution in [-0.4, -0.2) is 16.5 Å². The van der Waals surface area contributed by atoms with Crippen molar-refractivity contribution in [3.05, 3.63) is 202 Å². The van der Waals surface area contributed by atoms with Gasteiger partial charge in [0.25, 0.3) is 0 Å². The maximum absolute atomic E-state index is 6.14. The van der Waals surface area contributed by atoms with Crippen LogP contribution < -0.4 is 0 Å². The molecule has 0 fully saturated rings. The Bertz CT molecular complexity index is 1730. The first-order valence-corrected chi connectivity index (χ1v) is 15.9. The maximum atomic E-state index is 6.14. The normalized spacial score (nSPS) is 13.7. The van der Waals surface area contributed by atoms with Crippen molar-refractivity contribution in [2.24, 2.45) is 0 Å². The second-order valence-electron chi connectivity index (χ2n) is 11.4. The Labute approximate surface area is 287 Å². The van der Waals surface area contributed by atoms with Crippen LogP contribution in [0.5, 0.6) is 0 Å². The average molecular weight is 660 g/mol. The first-order chi connectivity index (χ1) is 22.1. The van der Waals surface area contributed by atoms with Crippen LogP contribution >= 0.6 is 35.6 Å². The Hall–Kier alpha value is -4.47. The van der Waals surface area contributed by atoms with Gasteiger partial charge >= 0.3 is 0 Å². The number of rotatable bonds is 8. The lowest BCUT2D eigenvalue weighted by molar-refractivity contribution is 0.207. The van der Waals surface area contributed by atoms with Gasteiger partial charge in [-0.05, 0) is 68.8 Å². The van der Waals surface area contributed by atoms with Gasteiger partial charge in [0.15, 0.2) is 0 Å². The van der Waals surface area contributed by atoms with Crippen LogP contribution in [0, 0.1) is 0 Å². The molecule has 5 heteroatoms. The van der Waals surface area contributed by atoms with Gasteiger partial charge < -0.3 is 9.80 Å². The van der Waals surface area contributed by atoms with Crippen molar-refractivity contribution < 1.29 is 0 Å². The number of hydrogen-bond donors (Lipinski definition) is 0. The van der Waals surface area contributed by atoms with Gasteiger partial charge in [-0.25, -0.2) is 0 Å². The van der Waals surface area contributed by atoms with Gasteiger partial charge in [-0.15, -0.1) is 12.4 Å². The average Bonchev–Trinajstić information content (AvgIpc) is 3.56. The highest BCUT2D eigenvalue weighted by Crippen LogP contribution is 2.38. The van der Waals surface area contributed by atoms with E-state index in [0.29, 0.717) is 0 Å². The molecule has 2 atom stereocenters. The molecule has 6 aromatic rings. The van der Waals surface area contributed by atoms with Crippen molar-refractivity contribution in [1.82, 2.24) is 9.80 Å². The van der Waals surface area contributed by atoms with Crippen molar-refractivity contribution in [3.63, 3.8) is 0 Å². The van der Waals surface area contributed by atoms with Crippen LogP contribution in [0.3, 0.4) is 0 Å². The Morgan fingerprint density at radius 2 is 0.652 bits per heavy atom. The lowest BCUT2D eigenvalue weighted by atomic mass is 9.94. The van der Waals surface area contributed by atoms with E-state index in [4.69, 9.17) is 23.2 Å². The minimum Gasteiger partial charge on any atom is -0.348 e. The van der Waals surface area contributed by atoms with E-state index in [9.17, 15) is 0 Å². The van der Waals surface area contributed by atoms with Gasteiger partial charge in [0.2, 0.25) is 0 Å². The molecule has 0 bridgehead atoms. The summed E-state index contributed by atoms with van der Waals surface area (Å²) in [6.45, 7) is 0.747. The summed E-state index contributed by atoms with van der Waals surface area (Å²) < 4.78 is 0. The van der Waals surface area contributed by atoms with E-state index < -0.39 is 0 Å². The third-order valence-corrected chi connectivity index (χ3v) is 8.98. The molecule has 0 saturated heterocycles. The molecule has 0 aliphatic carbocycles. The lowest BCUT2D eigenvalue weighted by Crippen LogP contribution is -2.32. The summed E-state index contributed by atoms with van der Waals surface area (Å²) in [6, 6.07) is 55.5. The number of nitrogens with zero attached hydrogens (tertiary/aromatic N) is 2. The summed E-state index contributed by atoms with van der Waals surface area (Å²) in [5.74, 6) is 0. The molecular formula is C41H33Cl3N2. The first kappa shape index (κ1) is 31.5. The van der Waals surface area contributed by atoms with E-state index in [0.717, 1.165) is 27.8 Å². The molecule has 0 N–H and O–H groups in total. The standard InChI is InChI=1S/C41H32Cl2N2.ClH/c42-38-23-19-32(20-24-38)30-11-15-36(16-12-30)40(34-7-3-1-4-8-34)44-27-28-45(29-44)41(35-9-5-2-6-10-35)37-17-13-31(14-18-37)33-21-25-39(43)26-22-33;/h1-28,40-41H,29H2;1H. The monoisotopic (exact) mass is 658 g/mol. The zero-order valence-corrected chi connectivity index (χ0v) is 27.4. The third kappa shape index (κ3) is 6.85. The molecular weight excluding hydrogens is 627 g/mol. The first-order valence-electron chi connectivity index (χ1n) is 15.1. The second kappa shape index (κ2) is 14.3. The summed E-state index contributed by atoms with van der Waals surface area (Å²) in [5.41, 5.74) is 9.66. The van der Waals surface area contributed by atoms with E-state index >= 15 is 0 Å². The zero-order chi connectivity index (χ0) is 30.6. The summed E-state index contributed by atoms with van der Waals surface area (Å²) >= 11 is 12.3. The molecule has 7 rings (SSSR count). The van der Waals surface area contributed by atoms with Gasteiger partial charge in [-0.1, -0.05) is 157 Å². The van der Waals surface area contributed by atoms with Crippen LogP contribution in [0.25, 0.3) is 22.3 Å². The highest BCUT2D eigenvalue weighted by atomic mass is 35.5. The van der Waals surface area contributed by atoms with Crippen molar-refractivity contribution in [1.29, 1.82) is 0 Å². The summed E-state index contributed by atoms with van der Waals surface area (Å²) in [6.07, 6.45) is 4.48. The Balaban J connectivity index is 0.00000372. The fourth-order valence-electron chi connectivity index (χ4n) is 6.21. The minimum absolute atomic E-state index is 0. The fourth-order valence-corrected chi connectivity index (χ4v) is 6.46. The number of halogens is 3. The molecule has 2 nitrogen and oxygen atoms in total. The highest BCUT2D eigenvalue weighted by molar-refractivity contribution is 6.30. The van der Waals surface area contributed by atoms with Gasteiger partial charge in [-0.3, -0.25) is 0 Å². The van der Waals surface area contributed by atoms with E-state index in [1.54, 1.807) is 0 Å². The third-order valence-electron chi connectivity index (χ3n) is 8.48. The summed E-state index contributed by atoms with van der Waals surface area (Å²) in [7, 11) is 0. The number of hydrogen-bond acceptors (Lipinski definition) is 2. The predicted octanol–water partition coefficient (Wildman–Crippen LogP) is 11.7. The molecule has 0 radical (unpaired) electrons. The SMILES string of the molecule is Cl.Clc1ccc(-c2ccc(C(c3ccccc3)N3C=CN(C(c4ccccc4)c4ccc(-c5ccc(Cl)cc5)cc4)C3)cc2)cc1. The van der Waals surface area contributed by atoms with E-state index in [2.05, 4.69) is 156 Å². The quantitative estimate of drug-likeness (QED) is 0.160. The molecule has 228 valence electrons. The van der Waals surface area contributed by atoms with Crippen molar-refractivity contribution in [3.8, 4) is 22.3 Å². The molecule has 0 aromatic heterocycles. The van der Waals surface area contributed by atoms with Gasteiger partial charge in [0.05, 0.1) is 18.8 Å². The van der Waals surface area contributed by atoms with Crippen LogP contribution in [0.2, 0.25) is 10.0 Å². The highest BCUT2D eigenvalue weighted by Gasteiger charge is 2.29. The molecule has 0 amide bonds. The minimum atomic E-state index is 0. The smallest absolute Gasteiger partial charge is 0.0911 e. The Morgan fingerprint density at radius 1 is 0.370 bits per heavy atom. The Morgan fingerprint density at radius 3 is 0.978 bits per heavy atom. The van der Waals surface area contributed by atoms with Crippen LogP contribution in [0.1, 0.15) is 34.3 Å². The van der Waals surface area contributed by atoms with E-state index in [1.165, 1.54) is 33.4 Å². The topological polar surface area (TPSA) is 6.48 Å². The molecule has 1 heterocycles. The van der Waals surface area contributed by atoms with E-state index in [-0.39, 0.29) is 24.5 Å². The number of benzene rings is 6. The molecule has 0 spiro atoms. The van der Waals surface area contributed by atoms with Crippen molar-refractivity contribution in [2.75, 3.05) is 6.67 Å². The van der Waals surface area contributed by atoms with Crippen LogP contribution in [0.15, 0.2) is 170 Å². The Kier molecular flexibility index (Phi) is 9.80.